The molecular weight excluding hydrogens is 464 g/mol. The number of esters is 1. The molecule has 8 heteroatoms. The SMILES string of the molecule is COC1CCCCC(c2ccccc2)OC(=O)C(C)C2(O)OC(C(C)/C=C/C1O)C(C)C(=O)C2OC. The normalized spacial score (nSPS) is 39.9. The van der Waals surface area contributed by atoms with Crippen LogP contribution < -0.4 is 0 Å². The fraction of sp³-hybridized carbons (Fsp3) is 0.643. The molecule has 1 saturated heterocycles. The summed E-state index contributed by atoms with van der Waals surface area (Å²) in [4.78, 5) is 26.6. The Kier molecular flexibility index (Phi) is 9.83. The van der Waals surface area contributed by atoms with E-state index in [-0.39, 0.29) is 11.7 Å². The number of aliphatic hydroxyl groups is 2. The number of fused-ring (bicyclic) bond motifs is 2. The molecule has 0 radical (unpaired) electrons. The van der Waals surface area contributed by atoms with Crippen molar-refractivity contribution in [3.63, 3.8) is 0 Å². The number of ketones is 1. The maximum atomic E-state index is 13.4. The number of Topliss-reactive ketones (excluding diaryl/α,β-unsaturated/α-hetero) is 1. The van der Waals surface area contributed by atoms with Crippen molar-refractivity contribution in [3.05, 3.63) is 48.0 Å². The Balaban J connectivity index is 2.00. The Bertz CT molecular complexity index is 902. The molecular formula is C28H40O8. The second-order valence-corrected chi connectivity index (χ2v) is 9.99. The first-order chi connectivity index (χ1) is 17.1. The number of rotatable bonds is 3. The van der Waals surface area contributed by atoms with E-state index in [1.807, 2.05) is 37.3 Å². The van der Waals surface area contributed by atoms with E-state index in [2.05, 4.69) is 0 Å². The van der Waals surface area contributed by atoms with Crippen molar-refractivity contribution in [2.24, 2.45) is 17.8 Å². The number of benzene rings is 1. The second kappa shape index (κ2) is 12.4. The highest BCUT2D eigenvalue weighted by molar-refractivity contribution is 5.89. The van der Waals surface area contributed by atoms with Gasteiger partial charge in [0, 0.05) is 26.1 Å². The Morgan fingerprint density at radius 1 is 0.972 bits per heavy atom. The van der Waals surface area contributed by atoms with Gasteiger partial charge in [0.15, 0.2) is 11.9 Å². The molecule has 36 heavy (non-hydrogen) atoms. The van der Waals surface area contributed by atoms with Gasteiger partial charge in [0.1, 0.15) is 12.0 Å². The van der Waals surface area contributed by atoms with E-state index < -0.39 is 54.1 Å². The topological polar surface area (TPSA) is 112 Å². The van der Waals surface area contributed by atoms with E-state index >= 15 is 0 Å². The predicted octanol–water partition coefficient (Wildman–Crippen LogP) is 3.36. The van der Waals surface area contributed by atoms with Crippen LogP contribution in [0.5, 0.6) is 0 Å². The molecule has 1 aromatic carbocycles. The summed E-state index contributed by atoms with van der Waals surface area (Å²) in [5.41, 5.74) is 0.835. The highest BCUT2D eigenvalue weighted by atomic mass is 16.7. The molecule has 2 aliphatic rings. The Morgan fingerprint density at radius 2 is 1.64 bits per heavy atom. The lowest BCUT2D eigenvalue weighted by Crippen LogP contribution is -2.65. The molecule has 1 fully saturated rings. The number of aliphatic hydroxyl groups excluding tert-OH is 1. The van der Waals surface area contributed by atoms with Crippen LogP contribution in [-0.2, 0) is 28.5 Å². The van der Waals surface area contributed by atoms with Crippen molar-refractivity contribution < 1.29 is 38.7 Å². The fourth-order valence-corrected chi connectivity index (χ4v) is 5.16. The van der Waals surface area contributed by atoms with Crippen LogP contribution >= 0.6 is 0 Å². The number of carbonyl (C=O) groups is 2. The van der Waals surface area contributed by atoms with Crippen LogP contribution in [0.15, 0.2) is 42.5 Å². The molecule has 0 aromatic heterocycles. The summed E-state index contributed by atoms with van der Waals surface area (Å²) in [5, 5.41) is 22.4. The van der Waals surface area contributed by atoms with Gasteiger partial charge in [-0.25, -0.2) is 0 Å². The molecule has 0 amide bonds. The monoisotopic (exact) mass is 504 g/mol. The lowest BCUT2D eigenvalue weighted by Gasteiger charge is -2.47. The maximum absolute atomic E-state index is 13.4. The van der Waals surface area contributed by atoms with Crippen LogP contribution in [0.2, 0.25) is 0 Å². The quantitative estimate of drug-likeness (QED) is 0.476. The number of methoxy groups -OCH3 is 2. The van der Waals surface area contributed by atoms with Gasteiger partial charge in [0.25, 0.3) is 0 Å². The van der Waals surface area contributed by atoms with Crippen molar-refractivity contribution in [2.45, 2.75) is 82.8 Å². The van der Waals surface area contributed by atoms with Crippen molar-refractivity contribution in [3.8, 4) is 0 Å². The van der Waals surface area contributed by atoms with E-state index in [1.54, 1.807) is 26.2 Å². The predicted molar refractivity (Wildman–Crippen MR) is 133 cm³/mol. The molecule has 8 nitrogen and oxygen atoms in total. The van der Waals surface area contributed by atoms with Crippen molar-refractivity contribution in [2.75, 3.05) is 14.2 Å². The minimum absolute atomic E-state index is 0.353. The van der Waals surface area contributed by atoms with Gasteiger partial charge in [0.05, 0.1) is 18.3 Å². The van der Waals surface area contributed by atoms with Crippen molar-refractivity contribution >= 4 is 11.8 Å². The van der Waals surface area contributed by atoms with Crippen molar-refractivity contribution in [1.82, 2.24) is 0 Å². The molecule has 0 aliphatic carbocycles. The zero-order chi connectivity index (χ0) is 26.5. The first-order valence-electron chi connectivity index (χ1n) is 12.7. The summed E-state index contributed by atoms with van der Waals surface area (Å²) < 4.78 is 22.9. The average molecular weight is 505 g/mol. The van der Waals surface area contributed by atoms with Gasteiger partial charge in [-0.15, -0.1) is 0 Å². The standard InChI is InChI=1S/C28H40O8/c1-17-15-16-21(29)23(33-4)14-10-9-13-22(20-11-7-6-8-12-20)35-27(31)19(3)28(32)26(34-5)24(30)18(2)25(17)36-28/h6-8,11-12,15-19,21-23,25-26,29,32H,9-10,13-14H2,1-5H3/b16-15+. The smallest absolute Gasteiger partial charge is 0.314 e. The lowest BCUT2D eigenvalue weighted by molar-refractivity contribution is -0.321. The third kappa shape index (κ3) is 6.06. The number of cyclic esters (lactones) is 1. The van der Waals surface area contributed by atoms with Crippen LogP contribution in [0.3, 0.4) is 0 Å². The molecule has 2 heterocycles. The van der Waals surface area contributed by atoms with E-state index in [9.17, 15) is 19.8 Å². The lowest BCUT2D eigenvalue weighted by atomic mass is 9.79. The van der Waals surface area contributed by atoms with Crippen LogP contribution in [0.4, 0.5) is 0 Å². The minimum atomic E-state index is -2.21. The summed E-state index contributed by atoms with van der Waals surface area (Å²) in [6.45, 7) is 5.04. The minimum Gasteiger partial charge on any atom is -0.457 e. The number of ether oxygens (including phenoxy) is 4. The van der Waals surface area contributed by atoms with E-state index in [0.717, 1.165) is 18.4 Å². The highest BCUT2D eigenvalue weighted by Crippen LogP contribution is 2.40. The molecule has 9 unspecified atom stereocenters. The maximum Gasteiger partial charge on any atom is 0.314 e. The molecule has 2 aliphatic heterocycles. The molecule has 3 rings (SSSR count). The van der Waals surface area contributed by atoms with E-state index in [0.29, 0.717) is 12.8 Å². The molecule has 1 aromatic rings. The molecule has 0 spiro atoms. The summed E-state index contributed by atoms with van der Waals surface area (Å²) in [7, 11) is 2.88. The first-order valence-corrected chi connectivity index (χ1v) is 12.7. The van der Waals surface area contributed by atoms with Gasteiger partial charge in [-0.1, -0.05) is 62.8 Å². The summed E-state index contributed by atoms with van der Waals surface area (Å²) in [6, 6.07) is 9.41. The average Bonchev–Trinajstić information content (AvgIpc) is 2.88. The fourth-order valence-electron chi connectivity index (χ4n) is 5.16. The molecule has 0 saturated carbocycles. The molecule has 9 atom stereocenters. The van der Waals surface area contributed by atoms with E-state index in [1.165, 1.54) is 14.0 Å². The molecule has 200 valence electrons. The second-order valence-electron chi connectivity index (χ2n) is 9.99. The third-order valence-corrected chi connectivity index (χ3v) is 7.56. The summed E-state index contributed by atoms with van der Waals surface area (Å²) in [5.74, 6) is -5.39. The molecule has 2 bridgehead atoms. The largest absolute Gasteiger partial charge is 0.457 e. The van der Waals surface area contributed by atoms with Gasteiger partial charge >= 0.3 is 5.97 Å². The Hall–Kier alpha value is -2.10. The highest BCUT2D eigenvalue weighted by Gasteiger charge is 2.58. The van der Waals surface area contributed by atoms with Gasteiger partial charge in [0.2, 0.25) is 5.79 Å². The van der Waals surface area contributed by atoms with Crippen LogP contribution in [0.25, 0.3) is 0 Å². The molecule has 2 N–H and O–H groups in total. The Labute approximate surface area is 213 Å². The summed E-state index contributed by atoms with van der Waals surface area (Å²) in [6.07, 6.45) is 2.21. The van der Waals surface area contributed by atoms with Crippen LogP contribution in [-0.4, -0.2) is 66.4 Å². The van der Waals surface area contributed by atoms with Gasteiger partial charge in [-0.3, -0.25) is 9.59 Å². The number of hydrogen-bond acceptors (Lipinski definition) is 8. The first kappa shape index (κ1) is 28.5. The zero-order valence-electron chi connectivity index (χ0n) is 21.8. The van der Waals surface area contributed by atoms with Crippen molar-refractivity contribution in [1.29, 1.82) is 0 Å². The van der Waals surface area contributed by atoms with E-state index in [4.69, 9.17) is 18.9 Å². The Morgan fingerprint density at radius 3 is 2.28 bits per heavy atom. The number of hydrogen-bond donors (Lipinski definition) is 2. The van der Waals surface area contributed by atoms with Crippen LogP contribution in [0.1, 0.15) is 58.1 Å². The van der Waals surface area contributed by atoms with Gasteiger partial charge < -0.3 is 29.2 Å². The van der Waals surface area contributed by atoms with Gasteiger partial charge in [-0.2, -0.15) is 0 Å². The third-order valence-electron chi connectivity index (χ3n) is 7.56. The zero-order valence-corrected chi connectivity index (χ0v) is 21.8. The number of carbonyl (C=O) groups excluding carboxylic acids is 2. The van der Waals surface area contributed by atoms with Crippen LogP contribution in [0, 0.1) is 17.8 Å². The van der Waals surface area contributed by atoms with Gasteiger partial charge in [-0.05, 0) is 31.7 Å². The summed E-state index contributed by atoms with van der Waals surface area (Å²) >= 11 is 0.